The minimum atomic E-state index is -0.310. The Labute approximate surface area is 118 Å². The van der Waals surface area contributed by atoms with Crippen molar-refractivity contribution in [2.75, 3.05) is 11.1 Å². The van der Waals surface area contributed by atoms with E-state index < -0.39 is 0 Å². The van der Waals surface area contributed by atoms with Crippen molar-refractivity contribution in [3.63, 3.8) is 0 Å². The van der Waals surface area contributed by atoms with Gasteiger partial charge in [-0.05, 0) is 58.7 Å². The molecule has 0 fully saturated rings. The van der Waals surface area contributed by atoms with Crippen LogP contribution in [0, 0.1) is 12.7 Å². The van der Waals surface area contributed by atoms with Crippen molar-refractivity contribution in [2.24, 2.45) is 0 Å². The summed E-state index contributed by atoms with van der Waals surface area (Å²) in [6, 6.07) is 8.40. The maximum atomic E-state index is 13.3. The van der Waals surface area contributed by atoms with Crippen molar-refractivity contribution < 1.29 is 4.39 Å². The van der Waals surface area contributed by atoms with Crippen LogP contribution >= 0.6 is 27.5 Å². The first-order valence-corrected chi connectivity index (χ1v) is 6.42. The molecule has 94 valence electrons. The van der Waals surface area contributed by atoms with Gasteiger partial charge in [-0.2, -0.15) is 0 Å². The summed E-state index contributed by atoms with van der Waals surface area (Å²) in [4.78, 5) is 0. The zero-order valence-electron chi connectivity index (χ0n) is 9.60. The van der Waals surface area contributed by atoms with Crippen LogP contribution in [0.2, 0.25) is 5.02 Å². The van der Waals surface area contributed by atoms with Crippen LogP contribution in [0.5, 0.6) is 0 Å². The summed E-state index contributed by atoms with van der Waals surface area (Å²) in [7, 11) is 0. The highest BCUT2D eigenvalue weighted by Crippen LogP contribution is 2.30. The summed E-state index contributed by atoms with van der Waals surface area (Å²) < 4.78 is 14.1. The molecule has 0 saturated heterocycles. The van der Waals surface area contributed by atoms with E-state index in [1.54, 1.807) is 19.1 Å². The Balaban J connectivity index is 2.34. The molecule has 2 nitrogen and oxygen atoms in total. The minimum absolute atomic E-state index is 0.310. The van der Waals surface area contributed by atoms with E-state index in [9.17, 15) is 4.39 Å². The van der Waals surface area contributed by atoms with Crippen molar-refractivity contribution in [3.05, 3.63) is 51.2 Å². The highest BCUT2D eigenvalue weighted by atomic mass is 79.9. The van der Waals surface area contributed by atoms with Crippen LogP contribution in [0.15, 0.2) is 34.8 Å². The summed E-state index contributed by atoms with van der Waals surface area (Å²) in [5.74, 6) is -0.310. The van der Waals surface area contributed by atoms with Gasteiger partial charge in [0.1, 0.15) is 5.82 Å². The first-order chi connectivity index (χ1) is 8.47. The summed E-state index contributed by atoms with van der Waals surface area (Å²) in [6.45, 7) is 1.69. The second kappa shape index (κ2) is 5.16. The van der Waals surface area contributed by atoms with Gasteiger partial charge in [0, 0.05) is 10.2 Å². The molecule has 0 aliphatic rings. The molecule has 0 aromatic heterocycles. The highest BCUT2D eigenvalue weighted by Gasteiger charge is 2.06. The molecular formula is C13H11BrClFN2. The third-order valence-electron chi connectivity index (χ3n) is 2.53. The lowest BCUT2D eigenvalue weighted by Gasteiger charge is -2.11. The molecule has 2 aromatic rings. The van der Waals surface area contributed by atoms with Crippen molar-refractivity contribution in [1.29, 1.82) is 0 Å². The van der Waals surface area contributed by atoms with Crippen LogP contribution in [0.3, 0.4) is 0 Å². The Bertz CT molecular complexity index is 602. The standard InChI is InChI=1S/C13H11BrClFN2/c1-7-4-13(12(17)6-11(7)16)18-8-2-3-10(15)9(14)5-8/h2-6,18H,17H2,1H3. The van der Waals surface area contributed by atoms with E-state index in [1.807, 2.05) is 12.1 Å². The molecule has 0 atom stereocenters. The Morgan fingerprint density at radius 3 is 2.67 bits per heavy atom. The molecule has 2 aromatic carbocycles. The molecule has 0 aliphatic heterocycles. The van der Waals surface area contributed by atoms with Crippen LogP contribution in [0.4, 0.5) is 21.5 Å². The smallest absolute Gasteiger partial charge is 0.128 e. The summed E-state index contributed by atoms with van der Waals surface area (Å²) in [6.07, 6.45) is 0. The van der Waals surface area contributed by atoms with Gasteiger partial charge < -0.3 is 11.1 Å². The Kier molecular flexibility index (Phi) is 3.78. The number of anilines is 3. The van der Waals surface area contributed by atoms with Gasteiger partial charge in [0.2, 0.25) is 0 Å². The highest BCUT2D eigenvalue weighted by molar-refractivity contribution is 9.10. The summed E-state index contributed by atoms with van der Waals surface area (Å²) in [5, 5.41) is 3.76. The molecule has 0 bridgehead atoms. The largest absolute Gasteiger partial charge is 0.397 e. The predicted molar refractivity (Wildman–Crippen MR) is 78.0 cm³/mol. The lowest BCUT2D eigenvalue weighted by molar-refractivity contribution is 0.619. The topological polar surface area (TPSA) is 38.0 Å². The Hall–Kier alpha value is -1.26. The number of nitrogens with two attached hydrogens (primary N) is 1. The predicted octanol–water partition coefficient (Wildman–Crippen LogP) is 4.88. The van der Waals surface area contributed by atoms with Gasteiger partial charge in [0.25, 0.3) is 0 Å². The molecule has 2 rings (SSSR count). The monoisotopic (exact) mass is 328 g/mol. The van der Waals surface area contributed by atoms with Gasteiger partial charge in [-0.25, -0.2) is 4.39 Å². The van der Waals surface area contributed by atoms with E-state index in [4.69, 9.17) is 17.3 Å². The van der Waals surface area contributed by atoms with E-state index >= 15 is 0 Å². The van der Waals surface area contributed by atoms with Gasteiger partial charge in [0.05, 0.1) is 16.4 Å². The number of hydrogen-bond acceptors (Lipinski definition) is 2. The van der Waals surface area contributed by atoms with Gasteiger partial charge in [-0.3, -0.25) is 0 Å². The molecule has 0 heterocycles. The van der Waals surface area contributed by atoms with Crippen LogP contribution in [-0.4, -0.2) is 0 Å². The molecule has 0 amide bonds. The number of hydrogen-bond donors (Lipinski definition) is 2. The zero-order chi connectivity index (χ0) is 13.3. The Morgan fingerprint density at radius 2 is 2.00 bits per heavy atom. The lowest BCUT2D eigenvalue weighted by Crippen LogP contribution is -1.98. The molecule has 0 aliphatic carbocycles. The molecule has 3 N–H and O–H groups in total. The second-order valence-electron chi connectivity index (χ2n) is 3.94. The second-order valence-corrected chi connectivity index (χ2v) is 5.20. The molecule has 0 unspecified atom stereocenters. The van der Waals surface area contributed by atoms with E-state index in [0.717, 1.165) is 10.2 Å². The number of benzene rings is 2. The normalized spacial score (nSPS) is 10.4. The number of rotatable bonds is 2. The third-order valence-corrected chi connectivity index (χ3v) is 3.74. The fourth-order valence-electron chi connectivity index (χ4n) is 1.53. The molecule has 0 radical (unpaired) electrons. The Morgan fingerprint density at radius 1 is 1.28 bits per heavy atom. The zero-order valence-corrected chi connectivity index (χ0v) is 11.9. The number of aryl methyl sites for hydroxylation is 1. The average molecular weight is 330 g/mol. The average Bonchev–Trinajstić information content (AvgIpc) is 2.31. The number of nitrogen functional groups attached to an aromatic ring is 1. The van der Waals surface area contributed by atoms with Crippen LogP contribution in [-0.2, 0) is 0 Å². The van der Waals surface area contributed by atoms with E-state index in [-0.39, 0.29) is 5.82 Å². The van der Waals surface area contributed by atoms with Gasteiger partial charge >= 0.3 is 0 Å². The van der Waals surface area contributed by atoms with Crippen LogP contribution < -0.4 is 11.1 Å². The number of nitrogens with one attached hydrogen (secondary N) is 1. The number of halogens is 3. The first kappa shape index (κ1) is 13.2. The maximum absolute atomic E-state index is 13.3. The van der Waals surface area contributed by atoms with Crippen molar-refractivity contribution in [2.45, 2.75) is 6.92 Å². The molecule has 18 heavy (non-hydrogen) atoms. The fraction of sp³-hybridized carbons (Fsp3) is 0.0769. The summed E-state index contributed by atoms with van der Waals surface area (Å²) in [5.41, 5.74) is 8.16. The van der Waals surface area contributed by atoms with E-state index in [2.05, 4.69) is 21.2 Å². The fourth-order valence-corrected chi connectivity index (χ4v) is 2.03. The molecule has 0 saturated carbocycles. The third kappa shape index (κ3) is 2.76. The van der Waals surface area contributed by atoms with E-state index in [0.29, 0.717) is 22.0 Å². The van der Waals surface area contributed by atoms with Crippen molar-refractivity contribution in [3.8, 4) is 0 Å². The van der Waals surface area contributed by atoms with Gasteiger partial charge in [-0.15, -0.1) is 0 Å². The minimum Gasteiger partial charge on any atom is -0.397 e. The van der Waals surface area contributed by atoms with Crippen molar-refractivity contribution in [1.82, 2.24) is 0 Å². The summed E-state index contributed by atoms with van der Waals surface area (Å²) >= 11 is 9.25. The lowest BCUT2D eigenvalue weighted by atomic mass is 10.1. The SMILES string of the molecule is Cc1cc(Nc2ccc(Cl)c(Br)c2)c(N)cc1F. The molecular weight excluding hydrogens is 319 g/mol. The van der Waals surface area contributed by atoms with Crippen molar-refractivity contribution >= 4 is 44.6 Å². The quantitative estimate of drug-likeness (QED) is 0.771. The van der Waals surface area contributed by atoms with Crippen LogP contribution in [0.1, 0.15) is 5.56 Å². The molecule has 5 heteroatoms. The van der Waals surface area contributed by atoms with Gasteiger partial charge in [-0.1, -0.05) is 11.6 Å². The maximum Gasteiger partial charge on any atom is 0.128 e. The van der Waals surface area contributed by atoms with Crippen LogP contribution in [0.25, 0.3) is 0 Å². The molecule has 0 spiro atoms. The van der Waals surface area contributed by atoms with E-state index in [1.165, 1.54) is 6.07 Å². The first-order valence-electron chi connectivity index (χ1n) is 5.25. The van der Waals surface area contributed by atoms with Gasteiger partial charge in [0.15, 0.2) is 0 Å².